The van der Waals surface area contributed by atoms with E-state index in [-0.39, 0.29) is 0 Å². The monoisotopic (exact) mass is 259 g/mol. The molecule has 2 rings (SSSR count). The van der Waals surface area contributed by atoms with Gasteiger partial charge in [0.1, 0.15) is 5.82 Å². The summed E-state index contributed by atoms with van der Waals surface area (Å²) < 4.78 is 0. The van der Waals surface area contributed by atoms with E-state index in [4.69, 9.17) is 5.11 Å². The SMILES string of the molecule is Cc1[nH]c(CC(C)(C)C(=O)O)nc1-c1ccncc1. The first-order valence-corrected chi connectivity index (χ1v) is 6.09. The van der Waals surface area contributed by atoms with Crippen LogP contribution in [0.4, 0.5) is 0 Å². The number of carboxylic acids is 1. The van der Waals surface area contributed by atoms with Gasteiger partial charge >= 0.3 is 5.97 Å². The van der Waals surface area contributed by atoms with Crippen molar-refractivity contribution in [3.8, 4) is 11.3 Å². The highest BCUT2D eigenvalue weighted by molar-refractivity contribution is 5.74. The fraction of sp³-hybridized carbons (Fsp3) is 0.357. The number of H-pyrrole nitrogens is 1. The maximum atomic E-state index is 11.1. The Hall–Kier alpha value is -2.17. The Kier molecular flexibility index (Phi) is 3.38. The van der Waals surface area contributed by atoms with Crippen LogP contribution in [0.3, 0.4) is 0 Å². The number of hydrogen-bond acceptors (Lipinski definition) is 3. The van der Waals surface area contributed by atoms with E-state index in [0.29, 0.717) is 12.2 Å². The molecule has 2 N–H and O–H groups in total. The van der Waals surface area contributed by atoms with Crippen LogP contribution in [0, 0.1) is 12.3 Å². The van der Waals surface area contributed by atoms with Crippen molar-refractivity contribution < 1.29 is 9.90 Å². The maximum absolute atomic E-state index is 11.1. The van der Waals surface area contributed by atoms with Crippen LogP contribution >= 0.6 is 0 Å². The highest BCUT2D eigenvalue weighted by Crippen LogP contribution is 2.25. The van der Waals surface area contributed by atoms with Gasteiger partial charge in [-0.3, -0.25) is 9.78 Å². The number of hydrogen-bond donors (Lipinski definition) is 2. The number of nitrogens with zero attached hydrogens (tertiary/aromatic N) is 2. The third-order valence-electron chi connectivity index (χ3n) is 3.08. The Bertz CT molecular complexity index is 588. The zero-order valence-electron chi connectivity index (χ0n) is 11.3. The lowest BCUT2D eigenvalue weighted by atomic mass is 9.89. The van der Waals surface area contributed by atoms with Gasteiger partial charge in [0.25, 0.3) is 0 Å². The van der Waals surface area contributed by atoms with Gasteiger partial charge in [-0.25, -0.2) is 4.98 Å². The number of pyridine rings is 1. The molecule has 5 heteroatoms. The predicted molar refractivity (Wildman–Crippen MR) is 71.7 cm³/mol. The zero-order chi connectivity index (χ0) is 14.0. The number of aryl methyl sites for hydroxylation is 1. The standard InChI is InChI=1S/C14H17N3O2/c1-9-12(10-4-6-15-7-5-10)17-11(16-9)8-14(2,3)13(18)19/h4-7H,8H2,1-3H3,(H,16,17)(H,18,19). The zero-order valence-corrected chi connectivity index (χ0v) is 11.3. The molecule has 2 aromatic heterocycles. The van der Waals surface area contributed by atoms with Crippen molar-refractivity contribution in [2.45, 2.75) is 27.2 Å². The van der Waals surface area contributed by atoms with E-state index in [1.807, 2.05) is 19.1 Å². The van der Waals surface area contributed by atoms with E-state index >= 15 is 0 Å². The second-order valence-corrected chi connectivity index (χ2v) is 5.26. The molecule has 0 saturated heterocycles. The molecule has 0 aliphatic carbocycles. The summed E-state index contributed by atoms with van der Waals surface area (Å²) in [6.45, 7) is 5.32. The molecule has 5 nitrogen and oxygen atoms in total. The van der Waals surface area contributed by atoms with Crippen LogP contribution in [-0.4, -0.2) is 26.0 Å². The summed E-state index contributed by atoms with van der Waals surface area (Å²) in [7, 11) is 0. The van der Waals surface area contributed by atoms with Gasteiger partial charge in [0.2, 0.25) is 0 Å². The number of carbonyl (C=O) groups is 1. The number of aliphatic carboxylic acids is 1. The first-order valence-electron chi connectivity index (χ1n) is 6.09. The van der Waals surface area contributed by atoms with E-state index in [1.165, 1.54) is 0 Å². The average molecular weight is 259 g/mol. The molecule has 0 radical (unpaired) electrons. The van der Waals surface area contributed by atoms with Crippen molar-refractivity contribution in [2.24, 2.45) is 5.41 Å². The topological polar surface area (TPSA) is 78.9 Å². The predicted octanol–water partition coefficient (Wildman–Crippen LogP) is 2.43. The minimum Gasteiger partial charge on any atom is -0.481 e. The number of imidazole rings is 1. The van der Waals surface area contributed by atoms with Crippen molar-refractivity contribution in [3.63, 3.8) is 0 Å². The molecule has 0 bridgehead atoms. The highest BCUT2D eigenvalue weighted by Gasteiger charge is 2.29. The van der Waals surface area contributed by atoms with E-state index in [2.05, 4.69) is 15.0 Å². The van der Waals surface area contributed by atoms with Gasteiger partial charge < -0.3 is 10.1 Å². The highest BCUT2D eigenvalue weighted by atomic mass is 16.4. The molecule has 0 unspecified atom stereocenters. The Morgan fingerprint density at radius 3 is 2.58 bits per heavy atom. The second kappa shape index (κ2) is 4.84. The number of rotatable bonds is 4. The minimum absolute atomic E-state index is 0.369. The van der Waals surface area contributed by atoms with Gasteiger partial charge in [0.15, 0.2) is 0 Å². The molecule has 100 valence electrons. The van der Waals surface area contributed by atoms with E-state index < -0.39 is 11.4 Å². The Balaban J connectivity index is 2.30. The third-order valence-corrected chi connectivity index (χ3v) is 3.08. The minimum atomic E-state index is -0.834. The maximum Gasteiger partial charge on any atom is 0.309 e. The number of aromatic nitrogens is 3. The third kappa shape index (κ3) is 2.81. The molecule has 0 aromatic carbocycles. The van der Waals surface area contributed by atoms with Gasteiger partial charge in [0, 0.05) is 30.1 Å². The van der Waals surface area contributed by atoms with Gasteiger partial charge in [-0.2, -0.15) is 0 Å². The molecule has 0 fully saturated rings. The summed E-state index contributed by atoms with van der Waals surface area (Å²) >= 11 is 0. The Labute approximate surface area is 111 Å². The van der Waals surface area contributed by atoms with Crippen LogP contribution in [0.15, 0.2) is 24.5 Å². The van der Waals surface area contributed by atoms with Crippen LogP contribution in [0.25, 0.3) is 11.3 Å². The number of nitrogens with one attached hydrogen (secondary N) is 1. The molecule has 0 saturated carbocycles. The first kappa shape index (κ1) is 13.3. The summed E-state index contributed by atoms with van der Waals surface area (Å²) in [6.07, 6.45) is 3.79. The Morgan fingerprint density at radius 2 is 2.00 bits per heavy atom. The van der Waals surface area contributed by atoms with Gasteiger partial charge in [0.05, 0.1) is 11.1 Å². The van der Waals surface area contributed by atoms with E-state index in [1.54, 1.807) is 26.2 Å². The van der Waals surface area contributed by atoms with Crippen molar-refractivity contribution in [1.82, 2.24) is 15.0 Å². The summed E-state index contributed by atoms with van der Waals surface area (Å²) in [4.78, 5) is 22.8. The van der Waals surface area contributed by atoms with Crippen LogP contribution < -0.4 is 0 Å². The van der Waals surface area contributed by atoms with Crippen molar-refractivity contribution in [2.75, 3.05) is 0 Å². The van der Waals surface area contributed by atoms with Crippen molar-refractivity contribution >= 4 is 5.97 Å². The lowest BCUT2D eigenvalue weighted by molar-refractivity contribution is -0.146. The average Bonchev–Trinajstić information content (AvgIpc) is 2.70. The van der Waals surface area contributed by atoms with Gasteiger partial charge in [-0.05, 0) is 32.9 Å². The lowest BCUT2D eigenvalue weighted by Crippen LogP contribution is -2.26. The fourth-order valence-electron chi connectivity index (χ4n) is 1.89. The van der Waals surface area contributed by atoms with E-state index in [0.717, 1.165) is 17.0 Å². The molecular formula is C14H17N3O2. The number of aromatic amines is 1. The second-order valence-electron chi connectivity index (χ2n) is 5.26. The molecular weight excluding hydrogens is 242 g/mol. The van der Waals surface area contributed by atoms with Crippen LogP contribution in [0.5, 0.6) is 0 Å². The quantitative estimate of drug-likeness (QED) is 0.883. The Morgan fingerprint density at radius 1 is 1.37 bits per heavy atom. The summed E-state index contributed by atoms with van der Waals surface area (Å²) in [5.74, 6) is -0.135. The molecule has 2 aromatic rings. The van der Waals surface area contributed by atoms with E-state index in [9.17, 15) is 4.79 Å². The molecule has 0 aliphatic heterocycles. The smallest absolute Gasteiger partial charge is 0.309 e. The largest absolute Gasteiger partial charge is 0.481 e. The summed E-state index contributed by atoms with van der Waals surface area (Å²) in [5, 5.41) is 9.15. The molecule has 0 aliphatic rings. The first-order chi connectivity index (χ1) is 8.90. The number of carboxylic acid groups (broad SMARTS) is 1. The fourth-order valence-corrected chi connectivity index (χ4v) is 1.89. The van der Waals surface area contributed by atoms with Crippen LogP contribution in [-0.2, 0) is 11.2 Å². The summed E-state index contributed by atoms with van der Waals surface area (Å²) in [6, 6.07) is 3.77. The van der Waals surface area contributed by atoms with Gasteiger partial charge in [-0.1, -0.05) is 0 Å². The molecule has 19 heavy (non-hydrogen) atoms. The van der Waals surface area contributed by atoms with Crippen LogP contribution in [0.1, 0.15) is 25.4 Å². The van der Waals surface area contributed by atoms with Crippen molar-refractivity contribution in [1.29, 1.82) is 0 Å². The molecule has 2 heterocycles. The van der Waals surface area contributed by atoms with Gasteiger partial charge in [-0.15, -0.1) is 0 Å². The summed E-state index contributed by atoms with van der Waals surface area (Å²) in [5.41, 5.74) is 1.92. The molecule has 0 amide bonds. The normalized spacial score (nSPS) is 11.5. The van der Waals surface area contributed by atoms with Crippen molar-refractivity contribution in [3.05, 3.63) is 36.0 Å². The molecule has 0 spiro atoms. The lowest BCUT2D eigenvalue weighted by Gasteiger charge is -2.16. The van der Waals surface area contributed by atoms with Crippen LogP contribution in [0.2, 0.25) is 0 Å². The molecule has 0 atom stereocenters.